The first-order chi connectivity index (χ1) is 8.85. The molecule has 7 nitrogen and oxygen atoms in total. The van der Waals surface area contributed by atoms with Crippen LogP contribution in [0.2, 0.25) is 0 Å². The minimum absolute atomic E-state index is 0.150. The molecule has 100 valence electrons. The van der Waals surface area contributed by atoms with Gasteiger partial charge in [0.05, 0.1) is 23.0 Å². The maximum absolute atomic E-state index is 12.1. The summed E-state index contributed by atoms with van der Waals surface area (Å²) in [7, 11) is 0. The maximum Gasteiger partial charge on any atom is 0.387 e. The van der Waals surface area contributed by atoms with Crippen molar-refractivity contribution in [1.29, 1.82) is 5.26 Å². The van der Waals surface area contributed by atoms with Crippen LogP contribution < -0.4 is 4.74 Å². The number of halogens is 2. The number of nitro benzene ring substituents is 1. The molecule has 0 aliphatic carbocycles. The van der Waals surface area contributed by atoms with Crippen molar-refractivity contribution < 1.29 is 28.3 Å². The van der Waals surface area contributed by atoms with Crippen molar-refractivity contribution in [2.75, 3.05) is 0 Å². The highest BCUT2D eigenvalue weighted by molar-refractivity contribution is 5.72. The number of benzene rings is 1. The fourth-order valence-electron chi connectivity index (χ4n) is 1.36. The molecule has 0 fully saturated rings. The zero-order valence-corrected chi connectivity index (χ0v) is 9.17. The van der Waals surface area contributed by atoms with Crippen LogP contribution in [0.25, 0.3) is 0 Å². The SMILES string of the molecule is N#Cc1cc(OC(F)F)c([N+](=O)[O-])cc1CC(=O)O. The Morgan fingerprint density at radius 2 is 2.21 bits per heavy atom. The molecule has 1 aromatic rings. The standard InChI is InChI=1S/C10H6F2N2O5/c11-10(12)19-8-2-6(4-13)5(3-9(15)16)1-7(8)14(17)18/h1-2,10H,3H2,(H,15,16). The van der Waals surface area contributed by atoms with Crippen molar-refractivity contribution in [1.82, 2.24) is 0 Å². The van der Waals surface area contributed by atoms with Crippen LogP contribution in [0.4, 0.5) is 14.5 Å². The van der Waals surface area contributed by atoms with Gasteiger partial charge in [-0.2, -0.15) is 14.0 Å². The van der Waals surface area contributed by atoms with E-state index in [9.17, 15) is 23.7 Å². The summed E-state index contributed by atoms with van der Waals surface area (Å²) in [6.45, 7) is -3.30. The molecule has 0 heterocycles. The Balaban J connectivity index is 3.38. The van der Waals surface area contributed by atoms with Crippen LogP contribution in [0.3, 0.4) is 0 Å². The van der Waals surface area contributed by atoms with Gasteiger partial charge in [-0.1, -0.05) is 0 Å². The lowest BCUT2D eigenvalue weighted by molar-refractivity contribution is -0.386. The third-order valence-corrected chi connectivity index (χ3v) is 2.06. The molecule has 0 atom stereocenters. The first-order valence-electron chi connectivity index (χ1n) is 4.73. The predicted octanol–water partition coefficient (Wildman–Crippen LogP) is 1.69. The van der Waals surface area contributed by atoms with E-state index in [2.05, 4.69) is 4.74 Å². The van der Waals surface area contributed by atoms with Gasteiger partial charge >= 0.3 is 18.3 Å². The summed E-state index contributed by atoms with van der Waals surface area (Å²) < 4.78 is 28.1. The van der Waals surface area contributed by atoms with Crippen LogP contribution in [0, 0.1) is 21.4 Å². The molecule has 0 bridgehead atoms. The summed E-state index contributed by atoms with van der Waals surface area (Å²) in [4.78, 5) is 20.2. The molecule has 0 aromatic heterocycles. The maximum atomic E-state index is 12.1. The smallest absolute Gasteiger partial charge is 0.387 e. The van der Waals surface area contributed by atoms with E-state index in [1.165, 1.54) is 0 Å². The second-order valence-electron chi connectivity index (χ2n) is 3.30. The number of aliphatic carboxylic acids is 1. The highest BCUT2D eigenvalue weighted by Crippen LogP contribution is 2.31. The van der Waals surface area contributed by atoms with Gasteiger partial charge in [0.15, 0.2) is 0 Å². The van der Waals surface area contributed by atoms with Crippen molar-refractivity contribution in [2.24, 2.45) is 0 Å². The fraction of sp³-hybridized carbons (Fsp3) is 0.200. The second-order valence-corrected chi connectivity index (χ2v) is 3.30. The Bertz CT molecular complexity index is 568. The van der Waals surface area contributed by atoms with E-state index in [0.717, 1.165) is 12.1 Å². The highest BCUT2D eigenvalue weighted by Gasteiger charge is 2.23. The summed E-state index contributed by atoms with van der Waals surface area (Å²) >= 11 is 0. The lowest BCUT2D eigenvalue weighted by atomic mass is 10.0. The molecule has 0 amide bonds. The molecule has 19 heavy (non-hydrogen) atoms. The molecule has 0 unspecified atom stereocenters. The number of rotatable bonds is 5. The van der Waals surface area contributed by atoms with E-state index >= 15 is 0 Å². The van der Waals surface area contributed by atoms with E-state index in [1.807, 2.05) is 0 Å². The number of carboxylic acid groups (broad SMARTS) is 1. The minimum Gasteiger partial charge on any atom is -0.481 e. The van der Waals surface area contributed by atoms with Crippen molar-refractivity contribution in [3.05, 3.63) is 33.4 Å². The fourth-order valence-corrected chi connectivity index (χ4v) is 1.36. The molecule has 9 heteroatoms. The summed E-state index contributed by atoms with van der Waals surface area (Å²) in [5.74, 6) is -2.10. The quantitative estimate of drug-likeness (QED) is 0.644. The van der Waals surface area contributed by atoms with E-state index in [4.69, 9.17) is 10.4 Å². The third-order valence-electron chi connectivity index (χ3n) is 2.06. The van der Waals surface area contributed by atoms with Crippen LogP contribution in [-0.2, 0) is 11.2 Å². The Kier molecular flexibility index (Phi) is 4.31. The molecule has 1 rings (SSSR count). The summed E-state index contributed by atoms with van der Waals surface area (Å²) in [5, 5.41) is 28.1. The number of carboxylic acids is 1. The van der Waals surface area contributed by atoms with Gasteiger partial charge in [-0.3, -0.25) is 14.9 Å². The number of carbonyl (C=O) groups is 1. The Labute approximate surface area is 104 Å². The first-order valence-corrected chi connectivity index (χ1v) is 4.73. The summed E-state index contributed by atoms with van der Waals surface area (Å²) in [6.07, 6.45) is -0.640. The molecule has 0 aliphatic heterocycles. The molecule has 0 aliphatic rings. The zero-order chi connectivity index (χ0) is 14.6. The van der Waals surface area contributed by atoms with E-state index in [1.54, 1.807) is 6.07 Å². The molecule has 0 spiro atoms. The highest BCUT2D eigenvalue weighted by atomic mass is 19.3. The number of nitro groups is 1. The van der Waals surface area contributed by atoms with Crippen molar-refractivity contribution in [3.63, 3.8) is 0 Å². The normalized spacial score (nSPS) is 10.0. The van der Waals surface area contributed by atoms with Gasteiger partial charge in [0.1, 0.15) is 0 Å². The van der Waals surface area contributed by atoms with Crippen LogP contribution in [0.1, 0.15) is 11.1 Å². The number of alkyl halides is 2. The first kappa shape index (κ1) is 14.3. The van der Waals surface area contributed by atoms with Gasteiger partial charge in [0.25, 0.3) is 0 Å². The number of nitriles is 1. The van der Waals surface area contributed by atoms with Crippen molar-refractivity contribution in [3.8, 4) is 11.8 Å². The van der Waals surface area contributed by atoms with Crippen LogP contribution in [-0.4, -0.2) is 22.6 Å². The van der Waals surface area contributed by atoms with Crippen LogP contribution >= 0.6 is 0 Å². The van der Waals surface area contributed by atoms with Crippen LogP contribution in [0.15, 0.2) is 12.1 Å². The van der Waals surface area contributed by atoms with Gasteiger partial charge in [-0.25, -0.2) is 0 Å². The monoisotopic (exact) mass is 272 g/mol. The van der Waals surface area contributed by atoms with Gasteiger partial charge in [0.2, 0.25) is 5.75 Å². The lowest BCUT2D eigenvalue weighted by Crippen LogP contribution is -2.08. The predicted molar refractivity (Wildman–Crippen MR) is 55.8 cm³/mol. The largest absolute Gasteiger partial charge is 0.481 e. The summed E-state index contributed by atoms with van der Waals surface area (Å²) in [6, 6.07) is 3.04. The molecule has 1 N–H and O–H groups in total. The van der Waals surface area contributed by atoms with Crippen molar-refractivity contribution in [2.45, 2.75) is 13.0 Å². The van der Waals surface area contributed by atoms with Gasteiger partial charge in [-0.05, 0) is 5.56 Å². The van der Waals surface area contributed by atoms with E-state index in [-0.39, 0.29) is 11.1 Å². The second kappa shape index (κ2) is 5.72. The minimum atomic E-state index is -3.30. The lowest BCUT2D eigenvalue weighted by Gasteiger charge is -2.08. The third kappa shape index (κ3) is 3.60. The molecule has 0 saturated heterocycles. The molecule has 0 radical (unpaired) electrons. The van der Waals surface area contributed by atoms with E-state index in [0.29, 0.717) is 0 Å². The van der Waals surface area contributed by atoms with Crippen molar-refractivity contribution >= 4 is 11.7 Å². The van der Waals surface area contributed by atoms with E-state index < -0.39 is 35.4 Å². The average molecular weight is 272 g/mol. The summed E-state index contributed by atoms with van der Waals surface area (Å²) in [5.41, 5.74) is -1.25. The Morgan fingerprint density at radius 1 is 1.58 bits per heavy atom. The molecule has 1 aromatic carbocycles. The number of hydrogen-bond acceptors (Lipinski definition) is 5. The zero-order valence-electron chi connectivity index (χ0n) is 9.17. The number of ether oxygens (including phenoxy) is 1. The molecular weight excluding hydrogens is 266 g/mol. The van der Waals surface area contributed by atoms with Gasteiger partial charge in [0, 0.05) is 12.1 Å². The Hall–Kier alpha value is -2.76. The topological polar surface area (TPSA) is 113 Å². The molecule has 0 saturated carbocycles. The average Bonchev–Trinajstić information content (AvgIpc) is 2.28. The Morgan fingerprint density at radius 3 is 2.63 bits per heavy atom. The van der Waals surface area contributed by atoms with Crippen LogP contribution in [0.5, 0.6) is 5.75 Å². The number of nitrogens with zero attached hydrogens (tertiary/aromatic N) is 2. The number of hydrogen-bond donors (Lipinski definition) is 1. The van der Waals surface area contributed by atoms with Gasteiger partial charge in [-0.15, -0.1) is 0 Å². The van der Waals surface area contributed by atoms with Gasteiger partial charge < -0.3 is 9.84 Å². The molecular formula is C10H6F2N2O5.